The molecule has 2 rings (SSSR count). The number of benzene rings is 2. The Morgan fingerprint density at radius 1 is 1.13 bits per heavy atom. The van der Waals surface area contributed by atoms with E-state index in [1.165, 1.54) is 5.56 Å². The van der Waals surface area contributed by atoms with Gasteiger partial charge in [0.15, 0.2) is 6.61 Å². The van der Waals surface area contributed by atoms with Gasteiger partial charge in [-0.25, -0.2) is 0 Å². The molecule has 0 bridgehead atoms. The number of hydrogen-bond donors (Lipinski definition) is 1. The number of rotatable bonds is 8. The molecular formula is C24H31BrN2O3. The number of carbonyl (C=O) groups excluding carboxylic acids is 2. The van der Waals surface area contributed by atoms with Gasteiger partial charge in [0, 0.05) is 17.6 Å². The first kappa shape index (κ1) is 23.9. The van der Waals surface area contributed by atoms with Crippen molar-refractivity contribution in [3.05, 3.63) is 64.1 Å². The second-order valence-electron chi connectivity index (χ2n) is 8.29. The van der Waals surface area contributed by atoms with E-state index in [-0.39, 0.29) is 23.8 Å². The van der Waals surface area contributed by atoms with Gasteiger partial charge in [-0.3, -0.25) is 9.59 Å². The summed E-state index contributed by atoms with van der Waals surface area (Å²) >= 11 is 3.45. The number of carbonyl (C=O) groups is 2. The first-order valence-electron chi connectivity index (χ1n) is 10.2. The van der Waals surface area contributed by atoms with Crippen molar-refractivity contribution in [3.63, 3.8) is 0 Å². The van der Waals surface area contributed by atoms with E-state index >= 15 is 0 Å². The van der Waals surface area contributed by atoms with Crippen LogP contribution in [0, 0.1) is 0 Å². The zero-order chi connectivity index (χ0) is 22.3. The van der Waals surface area contributed by atoms with E-state index in [2.05, 4.69) is 42.0 Å². The summed E-state index contributed by atoms with van der Waals surface area (Å²) in [6, 6.07) is 14.9. The van der Waals surface area contributed by atoms with Crippen molar-refractivity contribution in [3.8, 4) is 5.75 Å². The van der Waals surface area contributed by atoms with Gasteiger partial charge < -0.3 is 15.0 Å². The lowest BCUT2D eigenvalue weighted by atomic mass is 9.87. The van der Waals surface area contributed by atoms with Crippen molar-refractivity contribution >= 4 is 27.7 Å². The van der Waals surface area contributed by atoms with Gasteiger partial charge >= 0.3 is 0 Å². The molecule has 0 saturated heterocycles. The van der Waals surface area contributed by atoms with Crippen molar-refractivity contribution < 1.29 is 14.3 Å². The summed E-state index contributed by atoms with van der Waals surface area (Å²) < 4.78 is 6.66. The van der Waals surface area contributed by atoms with Crippen LogP contribution in [-0.4, -0.2) is 35.9 Å². The van der Waals surface area contributed by atoms with Crippen molar-refractivity contribution in [1.82, 2.24) is 10.2 Å². The van der Waals surface area contributed by atoms with E-state index in [1.54, 1.807) is 11.8 Å². The van der Waals surface area contributed by atoms with E-state index in [4.69, 9.17) is 4.74 Å². The van der Waals surface area contributed by atoms with Crippen LogP contribution in [0.3, 0.4) is 0 Å². The largest absolute Gasteiger partial charge is 0.484 e. The second-order valence-corrected chi connectivity index (χ2v) is 9.20. The molecule has 1 N–H and O–H groups in total. The molecule has 0 aliphatic heterocycles. The minimum absolute atomic E-state index is 0.0528. The first-order chi connectivity index (χ1) is 14.1. The summed E-state index contributed by atoms with van der Waals surface area (Å²) in [5.41, 5.74) is 2.18. The Kier molecular flexibility index (Phi) is 8.47. The van der Waals surface area contributed by atoms with Crippen LogP contribution in [0.4, 0.5) is 0 Å². The normalized spacial score (nSPS) is 12.2. The van der Waals surface area contributed by atoms with Gasteiger partial charge in [-0.05, 0) is 54.7 Å². The molecule has 1 atom stereocenters. The highest BCUT2D eigenvalue weighted by Gasteiger charge is 2.26. The lowest BCUT2D eigenvalue weighted by Gasteiger charge is -2.28. The van der Waals surface area contributed by atoms with Gasteiger partial charge in [0.2, 0.25) is 5.91 Å². The molecule has 2 aromatic rings. The third kappa shape index (κ3) is 6.87. The van der Waals surface area contributed by atoms with E-state index < -0.39 is 6.04 Å². The van der Waals surface area contributed by atoms with Gasteiger partial charge in [-0.1, -0.05) is 61.0 Å². The maximum absolute atomic E-state index is 13.0. The summed E-state index contributed by atoms with van der Waals surface area (Å²) in [6.07, 6.45) is 0. The Morgan fingerprint density at radius 2 is 1.80 bits per heavy atom. The van der Waals surface area contributed by atoms with E-state index in [9.17, 15) is 9.59 Å². The minimum atomic E-state index is -0.608. The Morgan fingerprint density at radius 3 is 2.37 bits per heavy atom. The summed E-state index contributed by atoms with van der Waals surface area (Å²) in [7, 11) is 0. The molecule has 0 aliphatic rings. The molecule has 5 nitrogen and oxygen atoms in total. The Hall–Kier alpha value is -2.34. The van der Waals surface area contributed by atoms with Crippen LogP contribution in [0.5, 0.6) is 5.75 Å². The Bertz CT molecular complexity index is 859. The monoisotopic (exact) mass is 474 g/mol. The number of amides is 2. The molecule has 2 amide bonds. The van der Waals surface area contributed by atoms with E-state index in [1.807, 2.05) is 55.5 Å². The number of hydrogen-bond acceptors (Lipinski definition) is 3. The fourth-order valence-electron chi connectivity index (χ4n) is 3.02. The summed E-state index contributed by atoms with van der Waals surface area (Å²) in [6.45, 7) is 10.7. The molecule has 0 aromatic heterocycles. The highest BCUT2D eigenvalue weighted by molar-refractivity contribution is 9.10. The summed E-state index contributed by atoms with van der Waals surface area (Å²) in [4.78, 5) is 26.9. The van der Waals surface area contributed by atoms with Gasteiger partial charge in [0.25, 0.3) is 5.91 Å². The fraction of sp³-hybridized carbons (Fsp3) is 0.417. The highest BCUT2D eigenvalue weighted by atomic mass is 79.9. The average Bonchev–Trinajstić information content (AvgIpc) is 2.69. The molecule has 1 unspecified atom stereocenters. The topological polar surface area (TPSA) is 58.6 Å². The molecule has 6 heteroatoms. The average molecular weight is 475 g/mol. The van der Waals surface area contributed by atoms with Crippen LogP contribution in [0.15, 0.2) is 53.0 Å². The van der Waals surface area contributed by atoms with Crippen molar-refractivity contribution in [2.75, 3.05) is 13.2 Å². The smallest absolute Gasteiger partial charge is 0.261 e. The zero-order valence-electron chi connectivity index (χ0n) is 18.4. The predicted molar refractivity (Wildman–Crippen MR) is 123 cm³/mol. The molecule has 0 heterocycles. The van der Waals surface area contributed by atoms with Crippen LogP contribution in [0.2, 0.25) is 0 Å². The lowest BCUT2D eigenvalue weighted by Crippen LogP contribution is -2.49. The van der Waals surface area contributed by atoms with Gasteiger partial charge in [-0.2, -0.15) is 0 Å². The third-order valence-corrected chi connectivity index (χ3v) is 5.34. The number of ether oxygens (including phenoxy) is 1. The summed E-state index contributed by atoms with van der Waals surface area (Å²) in [5, 5.41) is 2.79. The van der Waals surface area contributed by atoms with Crippen LogP contribution in [0.25, 0.3) is 0 Å². The molecule has 0 spiro atoms. The molecule has 0 aliphatic carbocycles. The van der Waals surface area contributed by atoms with Gasteiger partial charge in [0.1, 0.15) is 11.8 Å². The number of likely N-dealkylation sites (N-methyl/N-ethyl adjacent to an activating group) is 1. The van der Waals surface area contributed by atoms with Crippen molar-refractivity contribution in [2.45, 2.75) is 52.6 Å². The molecule has 0 radical (unpaired) electrons. The molecule has 2 aromatic carbocycles. The van der Waals surface area contributed by atoms with Crippen molar-refractivity contribution in [2.24, 2.45) is 0 Å². The molecule has 0 saturated carbocycles. The van der Waals surface area contributed by atoms with Gasteiger partial charge in [0.05, 0.1) is 0 Å². The number of nitrogens with zero attached hydrogens (tertiary/aromatic N) is 1. The number of halogens is 1. The number of nitrogens with one attached hydrogen (secondary N) is 1. The second kappa shape index (κ2) is 10.6. The molecular weight excluding hydrogens is 444 g/mol. The fourth-order valence-corrected chi connectivity index (χ4v) is 3.46. The van der Waals surface area contributed by atoms with E-state index in [0.717, 1.165) is 10.0 Å². The molecule has 162 valence electrons. The first-order valence-corrected chi connectivity index (χ1v) is 11.0. The predicted octanol–water partition coefficient (Wildman–Crippen LogP) is 4.68. The maximum Gasteiger partial charge on any atom is 0.261 e. The van der Waals surface area contributed by atoms with E-state index in [0.29, 0.717) is 18.8 Å². The maximum atomic E-state index is 13.0. The van der Waals surface area contributed by atoms with Crippen LogP contribution >= 0.6 is 15.9 Å². The Balaban J connectivity index is 2.12. The standard InChI is InChI=1S/C24H31BrN2O3/c1-6-26-23(29)17(2)27(15-18-8-7-9-20(25)14-18)22(28)16-30-21-12-10-19(11-13-21)24(3,4)5/h7-14,17H,6,15-16H2,1-5H3,(H,26,29). The summed E-state index contributed by atoms with van der Waals surface area (Å²) in [5.74, 6) is 0.202. The van der Waals surface area contributed by atoms with Crippen LogP contribution in [-0.2, 0) is 21.5 Å². The zero-order valence-corrected chi connectivity index (χ0v) is 20.0. The SMILES string of the molecule is CCNC(=O)C(C)N(Cc1cccc(Br)c1)C(=O)COc1ccc(C(C)(C)C)cc1. The highest BCUT2D eigenvalue weighted by Crippen LogP contribution is 2.24. The van der Waals surface area contributed by atoms with Crippen LogP contribution < -0.4 is 10.1 Å². The molecule has 30 heavy (non-hydrogen) atoms. The lowest BCUT2D eigenvalue weighted by molar-refractivity contribution is -0.142. The third-order valence-electron chi connectivity index (χ3n) is 4.84. The quantitative estimate of drug-likeness (QED) is 0.603. The van der Waals surface area contributed by atoms with Crippen LogP contribution in [0.1, 0.15) is 45.7 Å². The van der Waals surface area contributed by atoms with Gasteiger partial charge in [-0.15, -0.1) is 0 Å². The minimum Gasteiger partial charge on any atom is -0.484 e. The Labute approximate surface area is 187 Å². The molecule has 0 fully saturated rings. The van der Waals surface area contributed by atoms with Crippen molar-refractivity contribution in [1.29, 1.82) is 0 Å².